The fourth-order valence-electron chi connectivity index (χ4n) is 0.154. The lowest BCUT2D eigenvalue weighted by atomic mass is 10.2. The molecule has 0 aromatic rings. The van der Waals surface area contributed by atoms with Crippen molar-refractivity contribution >= 4 is 12.2 Å². The first-order valence-electron chi connectivity index (χ1n) is 2.08. The molecule has 0 spiro atoms. The summed E-state index contributed by atoms with van der Waals surface area (Å²) in [6.45, 7) is 4.77. The van der Waals surface area contributed by atoms with Gasteiger partial charge in [-0.05, 0) is 6.92 Å². The summed E-state index contributed by atoms with van der Waals surface area (Å²) >= 11 is 0. The maximum absolute atomic E-state index is 9.81. The summed E-state index contributed by atoms with van der Waals surface area (Å²) in [5, 5.41) is 0. The zero-order valence-corrected chi connectivity index (χ0v) is 4.60. The Morgan fingerprint density at radius 1 is 1.75 bits per heavy atom. The van der Waals surface area contributed by atoms with Gasteiger partial charge in [-0.1, -0.05) is 6.58 Å². The number of carbonyl (C=O) groups excluding carboxylic acids is 2. The highest BCUT2D eigenvalue weighted by molar-refractivity contribution is 5.83. The third kappa shape index (κ3) is 1.54. The summed E-state index contributed by atoms with van der Waals surface area (Å²) in [7, 11) is 0. The van der Waals surface area contributed by atoms with E-state index in [-0.39, 0.29) is 11.1 Å². The highest BCUT2D eigenvalue weighted by atomic mass is 16.1. The molecule has 0 aliphatic carbocycles. The fraction of sp³-hybridized carbons (Fsp3) is 0.167. The van der Waals surface area contributed by atoms with E-state index < -0.39 is 0 Å². The van der Waals surface area contributed by atoms with Gasteiger partial charge < -0.3 is 0 Å². The molecule has 0 bridgehead atoms. The van der Waals surface area contributed by atoms with E-state index in [1.165, 1.54) is 6.92 Å². The number of allylic oxidation sites excluding steroid dienone is 2. The van der Waals surface area contributed by atoms with E-state index in [1.54, 1.807) is 5.94 Å². The molecule has 0 amide bonds. The molecular formula is C6H6O2. The molecule has 0 radical (unpaired) electrons. The number of aldehydes is 1. The van der Waals surface area contributed by atoms with Crippen molar-refractivity contribution < 1.29 is 9.59 Å². The Balaban J connectivity index is 4.25. The monoisotopic (exact) mass is 110 g/mol. The molecule has 0 aromatic carbocycles. The molecule has 0 saturated carbocycles. The van der Waals surface area contributed by atoms with Crippen LogP contribution in [0.1, 0.15) is 6.92 Å². The van der Waals surface area contributed by atoms with Crippen LogP contribution in [-0.4, -0.2) is 12.2 Å². The van der Waals surface area contributed by atoms with Crippen LogP contribution in [0.2, 0.25) is 0 Å². The van der Waals surface area contributed by atoms with Gasteiger partial charge in [0.25, 0.3) is 0 Å². The number of carbonyl (C=O) groups is 1. The Hall–Kier alpha value is -1.14. The predicted molar refractivity (Wildman–Crippen MR) is 30.1 cm³/mol. The zero-order chi connectivity index (χ0) is 6.57. The van der Waals surface area contributed by atoms with E-state index in [4.69, 9.17) is 0 Å². The lowest BCUT2D eigenvalue weighted by Gasteiger charge is -1.84. The van der Waals surface area contributed by atoms with E-state index in [0.717, 1.165) is 0 Å². The summed E-state index contributed by atoms with van der Waals surface area (Å²) < 4.78 is 0. The van der Waals surface area contributed by atoms with E-state index in [9.17, 15) is 9.59 Å². The van der Waals surface area contributed by atoms with Crippen molar-refractivity contribution in [1.29, 1.82) is 0 Å². The van der Waals surface area contributed by atoms with Crippen molar-refractivity contribution in [3.8, 4) is 0 Å². The average molecular weight is 110 g/mol. The highest BCUT2D eigenvalue weighted by Crippen LogP contribution is 1.95. The van der Waals surface area contributed by atoms with Crippen LogP contribution in [0.25, 0.3) is 0 Å². The van der Waals surface area contributed by atoms with E-state index in [1.807, 2.05) is 0 Å². The first-order chi connectivity index (χ1) is 3.72. The van der Waals surface area contributed by atoms with Gasteiger partial charge in [-0.15, -0.1) is 0 Å². The molecular weight excluding hydrogens is 104 g/mol. The molecule has 0 rings (SSSR count). The van der Waals surface area contributed by atoms with Gasteiger partial charge in [-0.3, -0.25) is 4.79 Å². The lowest BCUT2D eigenvalue weighted by Crippen LogP contribution is -1.83. The second-order valence-electron chi connectivity index (χ2n) is 1.37. The molecule has 0 unspecified atom stereocenters. The molecule has 0 N–H and O–H groups in total. The van der Waals surface area contributed by atoms with Crippen molar-refractivity contribution in [1.82, 2.24) is 0 Å². The van der Waals surface area contributed by atoms with Crippen molar-refractivity contribution in [2.45, 2.75) is 6.92 Å². The molecule has 0 saturated heterocycles. The van der Waals surface area contributed by atoms with E-state index >= 15 is 0 Å². The molecule has 0 atom stereocenters. The van der Waals surface area contributed by atoms with E-state index in [2.05, 4.69) is 6.58 Å². The second-order valence-corrected chi connectivity index (χ2v) is 1.37. The topological polar surface area (TPSA) is 34.1 Å². The number of hydrogen-bond acceptors (Lipinski definition) is 2. The van der Waals surface area contributed by atoms with Gasteiger partial charge in [-0.25, -0.2) is 4.79 Å². The van der Waals surface area contributed by atoms with Gasteiger partial charge in [0.15, 0.2) is 0 Å². The molecule has 0 heterocycles. The normalized spacial score (nSPS) is 7.12. The van der Waals surface area contributed by atoms with Crippen LogP contribution in [-0.2, 0) is 9.59 Å². The van der Waals surface area contributed by atoms with Crippen LogP contribution in [0.3, 0.4) is 0 Å². The molecule has 0 aliphatic heterocycles. The van der Waals surface area contributed by atoms with Gasteiger partial charge >= 0.3 is 0 Å². The molecule has 42 valence electrons. The maximum Gasteiger partial charge on any atom is 0.150 e. The van der Waals surface area contributed by atoms with Crippen LogP contribution in [0, 0.1) is 0 Å². The lowest BCUT2D eigenvalue weighted by molar-refractivity contribution is -0.104. The Labute approximate surface area is 47.5 Å². The molecule has 8 heavy (non-hydrogen) atoms. The van der Waals surface area contributed by atoms with Gasteiger partial charge in [0.05, 0.1) is 0 Å². The summed E-state index contributed by atoms with van der Waals surface area (Å²) in [5.41, 5.74) is 0.458. The first-order valence-corrected chi connectivity index (χ1v) is 2.08. The van der Waals surface area contributed by atoms with Crippen molar-refractivity contribution in [2.24, 2.45) is 0 Å². The van der Waals surface area contributed by atoms with E-state index in [0.29, 0.717) is 6.29 Å². The Bertz CT molecular complexity index is 161. The Morgan fingerprint density at radius 3 is 2.38 bits per heavy atom. The van der Waals surface area contributed by atoms with Gasteiger partial charge in [0, 0.05) is 11.1 Å². The van der Waals surface area contributed by atoms with Crippen molar-refractivity contribution in [3.05, 3.63) is 17.7 Å². The Kier molecular flexibility index (Phi) is 2.52. The summed E-state index contributed by atoms with van der Waals surface area (Å²) in [4.78, 5) is 19.5. The maximum atomic E-state index is 9.81. The molecule has 2 heteroatoms. The van der Waals surface area contributed by atoms with Gasteiger partial charge in [0.2, 0.25) is 0 Å². The smallest absolute Gasteiger partial charge is 0.150 e. The first kappa shape index (κ1) is 6.86. The second kappa shape index (κ2) is 2.94. The minimum Gasteiger partial charge on any atom is -0.298 e. The van der Waals surface area contributed by atoms with Gasteiger partial charge in [0.1, 0.15) is 12.2 Å². The molecule has 0 aromatic heterocycles. The van der Waals surface area contributed by atoms with Crippen molar-refractivity contribution in [3.63, 3.8) is 0 Å². The summed E-state index contributed by atoms with van der Waals surface area (Å²) in [6, 6.07) is 0. The SMILES string of the molecule is C=C(C=O)C(C)=C=O. The van der Waals surface area contributed by atoms with Crippen LogP contribution < -0.4 is 0 Å². The van der Waals surface area contributed by atoms with Crippen LogP contribution in [0.4, 0.5) is 0 Å². The van der Waals surface area contributed by atoms with Crippen LogP contribution in [0.15, 0.2) is 17.7 Å². The molecule has 2 nitrogen and oxygen atoms in total. The van der Waals surface area contributed by atoms with Crippen LogP contribution in [0.5, 0.6) is 0 Å². The molecule has 0 fully saturated rings. The van der Waals surface area contributed by atoms with Crippen molar-refractivity contribution in [2.75, 3.05) is 0 Å². The van der Waals surface area contributed by atoms with Crippen LogP contribution >= 0.6 is 0 Å². The largest absolute Gasteiger partial charge is 0.298 e. The summed E-state index contributed by atoms with van der Waals surface area (Å²) in [5.74, 6) is 1.55. The Morgan fingerprint density at radius 2 is 2.25 bits per heavy atom. The third-order valence-electron chi connectivity index (χ3n) is 0.777. The highest BCUT2D eigenvalue weighted by Gasteiger charge is 1.91. The fourth-order valence-corrected chi connectivity index (χ4v) is 0.154. The molecule has 0 aliphatic rings. The summed E-state index contributed by atoms with van der Waals surface area (Å²) in [6.07, 6.45) is 0.528. The predicted octanol–water partition coefficient (Wildman–Crippen LogP) is 0.519. The van der Waals surface area contributed by atoms with Gasteiger partial charge in [-0.2, -0.15) is 0 Å². The minimum atomic E-state index is 0.194. The average Bonchev–Trinajstić information content (AvgIpc) is 1.84. The quantitative estimate of drug-likeness (QED) is 0.225. The minimum absolute atomic E-state index is 0.194. The third-order valence-corrected chi connectivity index (χ3v) is 0.777. The number of hydrogen-bond donors (Lipinski definition) is 0. The zero-order valence-electron chi connectivity index (χ0n) is 4.60. The number of rotatable bonds is 2. The standard InChI is InChI=1S/C6H6O2/c1-5(3-7)6(2)4-8/h3H,1H2,2H3.